The minimum Gasteiger partial charge on any atom is -0.474 e. The summed E-state index contributed by atoms with van der Waals surface area (Å²) < 4.78 is 11.9. The molecule has 0 bridgehead atoms. The smallest absolute Gasteiger partial charge is 0.229 e. The monoisotopic (exact) mass is 482 g/mol. The summed E-state index contributed by atoms with van der Waals surface area (Å²) in [5.41, 5.74) is 7.08. The van der Waals surface area contributed by atoms with Crippen LogP contribution in [0, 0.1) is 5.92 Å². The molecule has 3 N–H and O–H groups in total. The fourth-order valence-electron chi connectivity index (χ4n) is 4.90. The van der Waals surface area contributed by atoms with Crippen LogP contribution in [0.25, 0.3) is 11.3 Å². The van der Waals surface area contributed by atoms with Gasteiger partial charge in [0.15, 0.2) is 0 Å². The van der Waals surface area contributed by atoms with Gasteiger partial charge in [0, 0.05) is 63.0 Å². The van der Waals surface area contributed by atoms with Gasteiger partial charge < -0.3 is 30.3 Å². The van der Waals surface area contributed by atoms with Gasteiger partial charge in [0.25, 0.3) is 0 Å². The molecule has 2 aliphatic heterocycles. The molecule has 3 aliphatic rings. The van der Waals surface area contributed by atoms with Crippen LogP contribution in [0.2, 0.25) is 0 Å². The average Bonchev–Trinajstić information content (AvgIpc) is 2.86. The maximum atomic E-state index is 12.9. The molecular weight excluding hydrogens is 448 g/mol. The number of nitrogen functional groups attached to an aromatic ring is 1. The van der Waals surface area contributed by atoms with Gasteiger partial charge in [-0.1, -0.05) is 0 Å². The van der Waals surface area contributed by atoms with Crippen LogP contribution < -0.4 is 20.7 Å². The van der Waals surface area contributed by atoms with Crippen molar-refractivity contribution in [2.75, 3.05) is 50.5 Å². The number of ether oxygens (including phenoxy) is 2. The number of nitrogens with one attached hydrogen (secondary N) is 1. The highest BCUT2D eigenvalue weighted by atomic mass is 16.5. The number of morpholine rings is 1. The molecule has 35 heavy (non-hydrogen) atoms. The van der Waals surface area contributed by atoms with Gasteiger partial charge in [-0.2, -0.15) is 4.98 Å². The lowest BCUT2D eigenvalue weighted by Crippen LogP contribution is -2.53. The molecule has 188 valence electrons. The van der Waals surface area contributed by atoms with Crippen molar-refractivity contribution in [1.29, 1.82) is 0 Å². The van der Waals surface area contributed by atoms with E-state index in [4.69, 9.17) is 25.2 Å². The Morgan fingerprint density at radius 1 is 1.29 bits per heavy atom. The molecule has 0 radical (unpaired) electrons. The summed E-state index contributed by atoms with van der Waals surface area (Å²) in [6, 6.07) is 2.16. The summed E-state index contributed by atoms with van der Waals surface area (Å²) in [5, 5.41) is 3.33. The number of amides is 1. The van der Waals surface area contributed by atoms with Crippen molar-refractivity contribution in [2.24, 2.45) is 5.92 Å². The molecule has 11 nitrogen and oxygen atoms in total. The molecule has 1 amide bonds. The highest BCUT2D eigenvalue weighted by Gasteiger charge is 2.38. The van der Waals surface area contributed by atoms with E-state index in [9.17, 15) is 4.79 Å². The third-order valence-electron chi connectivity index (χ3n) is 7.18. The molecule has 1 aliphatic carbocycles. The van der Waals surface area contributed by atoms with Gasteiger partial charge in [-0.05, 0) is 26.3 Å². The molecule has 2 saturated heterocycles. The standard InChI is InChI=1S/C24H34N8O3/c1-15-14-34-7-6-32(15)24-29-20(17-12-27-23(25)28-13-17)10-21(30-24)35-19-8-18(9-19)31(2)22(33)16-4-3-5-26-11-16/h10,12-13,15-16,18-19,26H,3-9,11,14H2,1-2H3,(H2,25,27,28)/t15-,16-,18-,19-/m0/s1. The van der Waals surface area contributed by atoms with E-state index in [2.05, 4.69) is 27.1 Å². The van der Waals surface area contributed by atoms with Crippen LogP contribution in [-0.4, -0.2) is 88.8 Å². The SMILES string of the molecule is C[C@H]1COCCN1c1nc(O[C@H]2C[C@H](N(C)C(=O)[C@H]3CCCNC3)C2)cc(-c2cnc(N)nc2)n1. The van der Waals surface area contributed by atoms with Crippen molar-refractivity contribution < 1.29 is 14.3 Å². The zero-order valence-electron chi connectivity index (χ0n) is 20.4. The van der Waals surface area contributed by atoms with Gasteiger partial charge in [0.05, 0.1) is 30.9 Å². The van der Waals surface area contributed by atoms with E-state index in [1.54, 1.807) is 12.4 Å². The van der Waals surface area contributed by atoms with E-state index < -0.39 is 0 Å². The molecule has 2 aromatic heterocycles. The molecule has 0 aromatic carbocycles. The molecule has 2 atom stereocenters. The van der Waals surface area contributed by atoms with Gasteiger partial charge in [-0.25, -0.2) is 15.0 Å². The Hall–Kier alpha value is -3.05. The molecular formula is C24H34N8O3. The molecule has 5 rings (SSSR count). The molecule has 11 heteroatoms. The van der Waals surface area contributed by atoms with Gasteiger partial charge in [-0.3, -0.25) is 4.79 Å². The Balaban J connectivity index is 1.29. The van der Waals surface area contributed by atoms with Crippen LogP contribution in [0.5, 0.6) is 5.88 Å². The van der Waals surface area contributed by atoms with Crippen LogP contribution in [0.4, 0.5) is 11.9 Å². The summed E-state index contributed by atoms with van der Waals surface area (Å²) in [6.45, 7) is 5.82. The number of carbonyl (C=O) groups is 1. The predicted octanol–water partition coefficient (Wildman–Crippen LogP) is 1.11. The lowest BCUT2D eigenvalue weighted by molar-refractivity contribution is -0.140. The summed E-state index contributed by atoms with van der Waals surface area (Å²) in [5.74, 6) is 1.63. The Morgan fingerprint density at radius 2 is 2.09 bits per heavy atom. The first-order chi connectivity index (χ1) is 17.0. The number of anilines is 2. The molecule has 3 fully saturated rings. The largest absolute Gasteiger partial charge is 0.474 e. The number of aromatic nitrogens is 4. The minimum atomic E-state index is 0.000103. The van der Waals surface area contributed by atoms with E-state index in [1.807, 2.05) is 18.0 Å². The number of carbonyl (C=O) groups excluding carboxylic acids is 1. The highest BCUT2D eigenvalue weighted by Crippen LogP contribution is 2.32. The Kier molecular flexibility index (Phi) is 6.96. The zero-order valence-corrected chi connectivity index (χ0v) is 20.4. The highest BCUT2D eigenvalue weighted by molar-refractivity contribution is 5.79. The van der Waals surface area contributed by atoms with Crippen LogP contribution >= 0.6 is 0 Å². The second-order valence-electron chi connectivity index (χ2n) is 9.70. The zero-order chi connectivity index (χ0) is 24.4. The number of piperidine rings is 1. The third-order valence-corrected chi connectivity index (χ3v) is 7.18. The second kappa shape index (κ2) is 10.3. The van der Waals surface area contributed by atoms with Gasteiger partial charge in [0.2, 0.25) is 23.7 Å². The lowest BCUT2D eigenvalue weighted by atomic mass is 9.86. The van der Waals surface area contributed by atoms with E-state index in [0.717, 1.165) is 44.3 Å². The Morgan fingerprint density at radius 3 is 2.80 bits per heavy atom. The van der Waals surface area contributed by atoms with E-state index >= 15 is 0 Å². The molecule has 0 spiro atoms. The first-order valence-corrected chi connectivity index (χ1v) is 12.4. The number of hydrogen-bond acceptors (Lipinski definition) is 10. The van der Waals surface area contributed by atoms with Crippen molar-refractivity contribution >= 4 is 17.8 Å². The number of hydrogen-bond donors (Lipinski definition) is 2. The van der Waals surface area contributed by atoms with Gasteiger partial charge in [-0.15, -0.1) is 0 Å². The molecule has 2 aromatic rings. The van der Waals surface area contributed by atoms with Crippen molar-refractivity contribution in [3.63, 3.8) is 0 Å². The average molecular weight is 483 g/mol. The first kappa shape index (κ1) is 23.7. The lowest BCUT2D eigenvalue weighted by Gasteiger charge is -2.42. The molecule has 4 heterocycles. The second-order valence-corrected chi connectivity index (χ2v) is 9.70. The predicted molar refractivity (Wildman–Crippen MR) is 131 cm³/mol. The molecule has 0 unspecified atom stereocenters. The maximum Gasteiger partial charge on any atom is 0.229 e. The van der Waals surface area contributed by atoms with Crippen LogP contribution in [0.1, 0.15) is 32.6 Å². The normalized spacial score (nSPS) is 26.6. The summed E-state index contributed by atoms with van der Waals surface area (Å²) in [7, 11) is 1.92. The quantitative estimate of drug-likeness (QED) is 0.617. The van der Waals surface area contributed by atoms with E-state index in [-0.39, 0.29) is 36.0 Å². The molecule has 1 saturated carbocycles. The summed E-state index contributed by atoms with van der Waals surface area (Å²) >= 11 is 0. The van der Waals surface area contributed by atoms with Crippen molar-refractivity contribution in [1.82, 2.24) is 30.2 Å². The van der Waals surface area contributed by atoms with Crippen molar-refractivity contribution in [3.05, 3.63) is 18.5 Å². The number of rotatable bonds is 6. The summed E-state index contributed by atoms with van der Waals surface area (Å²) in [6.07, 6.45) is 6.90. The van der Waals surface area contributed by atoms with Crippen LogP contribution in [0.15, 0.2) is 18.5 Å². The van der Waals surface area contributed by atoms with E-state index in [0.29, 0.717) is 37.3 Å². The van der Waals surface area contributed by atoms with Crippen molar-refractivity contribution in [3.8, 4) is 17.1 Å². The van der Waals surface area contributed by atoms with Crippen LogP contribution in [0.3, 0.4) is 0 Å². The first-order valence-electron chi connectivity index (χ1n) is 12.4. The topological polar surface area (TPSA) is 132 Å². The fraction of sp³-hybridized carbons (Fsp3) is 0.625. The number of nitrogens with two attached hydrogens (primary N) is 1. The van der Waals surface area contributed by atoms with Crippen LogP contribution in [-0.2, 0) is 9.53 Å². The van der Waals surface area contributed by atoms with Crippen molar-refractivity contribution in [2.45, 2.75) is 50.8 Å². The fourth-order valence-corrected chi connectivity index (χ4v) is 4.90. The maximum absolute atomic E-state index is 12.9. The van der Waals surface area contributed by atoms with Gasteiger partial charge >= 0.3 is 0 Å². The Labute approximate surface area is 205 Å². The Bertz CT molecular complexity index is 1020. The summed E-state index contributed by atoms with van der Waals surface area (Å²) in [4.78, 5) is 34.6. The van der Waals surface area contributed by atoms with Gasteiger partial charge in [0.1, 0.15) is 6.10 Å². The third kappa shape index (κ3) is 5.30. The van der Waals surface area contributed by atoms with E-state index in [1.165, 1.54) is 0 Å². The minimum absolute atomic E-state index is 0.000103. The number of nitrogens with zero attached hydrogens (tertiary/aromatic N) is 6.